The summed E-state index contributed by atoms with van der Waals surface area (Å²) in [6.45, 7) is 0.319. The molecule has 9 nitrogen and oxygen atoms in total. The molecule has 2 saturated carbocycles. The predicted molar refractivity (Wildman–Crippen MR) is 145 cm³/mol. The number of nitriles is 1. The van der Waals surface area contributed by atoms with Crippen LogP contribution in [0.3, 0.4) is 0 Å². The van der Waals surface area contributed by atoms with Gasteiger partial charge in [0.15, 0.2) is 15.9 Å². The summed E-state index contributed by atoms with van der Waals surface area (Å²) in [6, 6.07) is 4.67. The highest BCUT2D eigenvalue weighted by molar-refractivity contribution is 7.92. The topological polar surface area (TPSA) is 129 Å². The van der Waals surface area contributed by atoms with Crippen molar-refractivity contribution < 1.29 is 40.3 Å². The fraction of sp³-hybridized carbons (Fsp3) is 0.481. The van der Waals surface area contributed by atoms with Crippen LogP contribution >= 0.6 is 23.2 Å². The molecule has 2 amide bonds. The van der Waals surface area contributed by atoms with Crippen molar-refractivity contribution in [3.8, 4) is 11.8 Å². The fourth-order valence-corrected chi connectivity index (χ4v) is 7.54. The molecule has 3 unspecified atom stereocenters. The van der Waals surface area contributed by atoms with Gasteiger partial charge in [-0.05, 0) is 57.2 Å². The largest absolute Gasteiger partial charge is 0.481 e. The number of ether oxygens (including phenoxy) is 1. The number of halogens is 6. The molecule has 0 radical (unpaired) electrons. The number of aromatic nitrogens is 1. The molecular formula is C27H24Cl2F4N4O5S. The van der Waals surface area contributed by atoms with E-state index in [4.69, 9.17) is 27.9 Å². The van der Waals surface area contributed by atoms with Crippen LogP contribution in [0.2, 0.25) is 10.0 Å². The number of carbonyl (C=O) groups excluding carboxylic acids is 2. The van der Waals surface area contributed by atoms with Crippen LogP contribution in [-0.2, 0) is 24.8 Å². The van der Waals surface area contributed by atoms with Gasteiger partial charge in [0.1, 0.15) is 23.1 Å². The molecule has 5 rings (SSSR count). The average Bonchev–Trinajstić information content (AvgIpc) is 3.84. The number of rotatable bonds is 8. The molecule has 3 atom stereocenters. The zero-order chi connectivity index (χ0) is 31.5. The molecule has 1 N–H and O–H groups in total. The van der Waals surface area contributed by atoms with Gasteiger partial charge in [-0.1, -0.05) is 23.2 Å². The van der Waals surface area contributed by atoms with Crippen LogP contribution in [-0.4, -0.2) is 65.8 Å². The van der Waals surface area contributed by atoms with Gasteiger partial charge >= 0.3 is 6.18 Å². The molecule has 1 aromatic carbocycles. The minimum atomic E-state index is -4.67. The third-order valence-electron chi connectivity index (χ3n) is 8.00. The summed E-state index contributed by atoms with van der Waals surface area (Å²) in [5.41, 5.74) is -2.71. The third-order valence-corrected chi connectivity index (χ3v) is 10.8. The Morgan fingerprint density at radius 3 is 2.42 bits per heavy atom. The monoisotopic (exact) mass is 662 g/mol. The Labute approximate surface area is 254 Å². The highest BCUT2D eigenvalue weighted by Gasteiger charge is 2.60. The fourth-order valence-electron chi connectivity index (χ4n) is 5.16. The van der Waals surface area contributed by atoms with E-state index in [0.29, 0.717) is 12.8 Å². The number of sulfone groups is 1. The van der Waals surface area contributed by atoms with E-state index in [-0.39, 0.29) is 35.7 Å². The highest BCUT2D eigenvalue weighted by Crippen LogP contribution is 2.51. The zero-order valence-corrected chi connectivity index (χ0v) is 24.7. The number of pyridine rings is 1. The Hall–Kier alpha value is -3.15. The Morgan fingerprint density at radius 1 is 1.21 bits per heavy atom. The van der Waals surface area contributed by atoms with E-state index < -0.39 is 78.5 Å². The summed E-state index contributed by atoms with van der Waals surface area (Å²) in [6.07, 6.45) is -4.86. The van der Waals surface area contributed by atoms with E-state index in [1.165, 1.54) is 6.20 Å². The van der Waals surface area contributed by atoms with Crippen molar-refractivity contribution in [2.24, 2.45) is 0 Å². The smallest absolute Gasteiger partial charge is 0.425 e. The Bertz CT molecular complexity index is 1640. The molecule has 3 fully saturated rings. The molecule has 3 aliphatic rings. The van der Waals surface area contributed by atoms with E-state index in [9.17, 15) is 40.8 Å². The van der Waals surface area contributed by atoms with Gasteiger partial charge in [0.05, 0.1) is 37.4 Å². The van der Waals surface area contributed by atoms with Gasteiger partial charge in [0.2, 0.25) is 11.8 Å². The molecule has 230 valence electrons. The van der Waals surface area contributed by atoms with Crippen molar-refractivity contribution in [3.05, 3.63) is 52.0 Å². The van der Waals surface area contributed by atoms with Gasteiger partial charge in [-0.15, -0.1) is 0 Å². The van der Waals surface area contributed by atoms with Crippen molar-refractivity contribution in [3.63, 3.8) is 0 Å². The molecule has 43 heavy (non-hydrogen) atoms. The summed E-state index contributed by atoms with van der Waals surface area (Å²) >= 11 is 12.0. The maximum absolute atomic E-state index is 14.9. The van der Waals surface area contributed by atoms with Crippen molar-refractivity contribution >= 4 is 44.9 Å². The number of likely N-dealkylation sites (tertiary alicyclic amines) is 1. The second-order valence-corrected chi connectivity index (χ2v) is 14.1. The van der Waals surface area contributed by atoms with Crippen LogP contribution in [0.5, 0.6) is 5.75 Å². The number of hydrogen-bond acceptors (Lipinski definition) is 7. The summed E-state index contributed by atoms with van der Waals surface area (Å²) in [5.74, 6) is -2.56. The van der Waals surface area contributed by atoms with Crippen LogP contribution in [0.25, 0.3) is 0 Å². The lowest BCUT2D eigenvalue weighted by molar-refractivity contribution is -0.189. The Kier molecular flexibility index (Phi) is 7.84. The van der Waals surface area contributed by atoms with Crippen molar-refractivity contribution in [1.82, 2.24) is 15.2 Å². The normalized spacial score (nSPS) is 22.8. The standard InChI is InChI=1S/C27H24Cl2F4N4O5S/c1-14(27(31,32)33)42-16-2-3-21(18(29)9-16)43(40,41)17-10-20(23(38)36-25(13-34)4-5-25)37(12-17)24(39)26(6-7-26)22-19(30)8-15(28)11-35-22/h2-3,8-9,11,14,17,20H,4-7,10,12H2,1H3,(H,36,38). The SMILES string of the molecule is CC(Oc1ccc(S(=O)(=O)C2CC(C(=O)NC3(C#N)CC3)N(C(=O)C3(c4ncc(Cl)cc4F)CC3)C2)c(Cl)c1)C(F)(F)F. The first-order chi connectivity index (χ1) is 20.0. The minimum Gasteiger partial charge on any atom is -0.481 e. The van der Waals surface area contributed by atoms with Gasteiger partial charge in [-0.3, -0.25) is 14.6 Å². The zero-order valence-electron chi connectivity index (χ0n) is 22.4. The van der Waals surface area contributed by atoms with Gasteiger partial charge in [-0.25, -0.2) is 12.8 Å². The molecule has 2 aromatic rings. The first-order valence-corrected chi connectivity index (χ1v) is 15.5. The molecule has 0 spiro atoms. The third kappa shape index (κ3) is 5.86. The first-order valence-electron chi connectivity index (χ1n) is 13.2. The van der Waals surface area contributed by atoms with Gasteiger partial charge in [0.25, 0.3) is 0 Å². The molecular weight excluding hydrogens is 639 g/mol. The number of amides is 2. The second kappa shape index (κ2) is 10.8. The van der Waals surface area contributed by atoms with Crippen LogP contribution in [0.1, 0.15) is 44.7 Å². The number of nitrogens with one attached hydrogen (secondary N) is 1. The van der Waals surface area contributed by atoms with E-state index in [2.05, 4.69) is 10.3 Å². The van der Waals surface area contributed by atoms with Crippen molar-refractivity contribution in [1.29, 1.82) is 5.26 Å². The molecule has 1 aromatic heterocycles. The lowest BCUT2D eigenvalue weighted by Gasteiger charge is -2.28. The minimum absolute atomic E-state index is 0.0153. The molecule has 1 saturated heterocycles. The lowest BCUT2D eigenvalue weighted by atomic mass is 9.98. The maximum atomic E-state index is 14.9. The lowest BCUT2D eigenvalue weighted by Crippen LogP contribution is -2.52. The number of benzene rings is 1. The van der Waals surface area contributed by atoms with E-state index in [1.807, 2.05) is 6.07 Å². The van der Waals surface area contributed by atoms with Crippen molar-refractivity contribution in [2.75, 3.05) is 6.54 Å². The summed E-state index contributed by atoms with van der Waals surface area (Å²) in [7, 11) is -4.37. The van der Waals surface area contributed by atoms with Gasteiger partial charge in [0, 0.05) is 18.8 Å². The summed E-state index contributed by atoms with van der Waals surface area (Å²) in [5, 5.41) is 10.3. The molecule has 2 aliphatic carbocycles. The van der Waals surface area contributed by atoms with E-state index in [1.54, 1.807) is 0 Å². The van der Waals surface area contributed by atoms with E-state index in [0.717, 1.165) is 36.1 Å². The highest BCUT2D eigenvalue weighted by atomic mass is 35.5. The first kappa shape index (κ1) is 31.3. The van der Waals surface area contributed by atoms with E-state index >= 15 is 0 Å². The van der Waals surface area contributed by atoms with Crippen LogP contribution in [0.4, 0.5) is 17.6 Å². The molecule has 1 aliphatic heterocycles. The van der Waals surface area contributed by atoms with Crippen LogP contribution in [0, 0.1) is 17.1 Å². The summed E-state index contributed by atoms with van der Waals surface area (Å²) in [4.78, 5) is 32.0. The maximum Gasteiger partial charge on any atom is 0.425 e. The number of carbonyl (C=O) groups is 2. The number of alkyl halides is 3. The van der Waals surface area contributed by atoms with Crippen molar-refractivity contribution in [2.45, 2.75) is 78.4 Å². The average molecular weight is 663 g/mol. The molecule has 0 bridgehead atoms. The number of hydrogen-bond donors (Lipinski definition) is 1. The second-order valence-electron chi connectivity index (χ2n) is 11.0. The Morgan fingerprint density at radius 2 is 1.88 bits per heavy atom. The van der Waals surface area contributed by atoms with Crippen LogP contribution in [0.15, 0.2) is 35.4 Å². The van der Waals surface area contributed by atoms with Crippen LogP contribution < -0.4 is 10.1 Å². The quantitative estimate of drug-likeness (QED) is 0.412. The van der Waals surface area contributed by atoms with Gasteiger partial charge in [-0.2, -0.15) is 18.4 Å². The predicted octanol–water partition coefficient (Wildman–Crippen LogP) is 4.50. The molecule has 16 heteroatoms. The molecule has 2 heterocycles. The Balaban J connectivity index is 1.45. The summed E-state index contributed by atoms with van der Waals surface area (Å²) < 4.78 is 85.9. The van der Waals surface area contributed by atoms with Gasteiger partial charge < -0.3 is 15.0 Å². The number of nitrogens with zero attached hydrogens (tertiary/aromatic N) is 3.